The second kappa shape index (κ2) is 6.92. The van der Waals surface area contributed by atoms with E-state index in [0.717, 1.165) is 26.1 Å². The number of carbonyl (C=O) groups is 2. The Kier molecular flexibility index (Phi) is 4.48. The molecule has 0 bridgehead atoms. The average molecular weight is 344 g/mol. The molecule has 1 atom stereocenters. The number of rotatable bonds is 3. The van der Waals surface area contributed by atoms with Crippen molar-refractivity contribution in [2.24, 2.45) is 0 Å². The van der Waals surface area contributed by atoms with Crippen molar-refractivity contribution >= 4 is 12.1 Å². The number of urea groups is 1. The lowest BCUT2D eigenvalue weighted by Crippen LogP contribution is -2.56. The van der Waals surface area contributed by atoms with Gasteiger partial charge in [0, 0.05) is 45.8 Å². The highest BCUT2D eigenvalue weighted by molar-refractivity contribution is 5.75. The minimum atomic E-state index is -0.254. The first-order valence-electron chi connectivity index (χ1n) is 8.96. The molecule has 7 heteroatoms. The fourth-order valence-corrected chi connectivity index (χ4v) is 3.85. The van der Waals surface area contributed by atoms with Gasteiger partial charge in [0.15, 0.2) is 0 Å². The smallest absolute Gasteiger partial charge is 0.410 e. The monoisotopic (exact) mass is 344 g/mol. The molecule has 2 saturated heterocycles. The van der Waals surface area contributed by atoms with E-state index in [1.807, 2.05) is 0 Å². The van der Waals surface area contributed by atoms with Crippen LogP contribution in [0.15, 0.2) is 24.3 Å². The molecular formula is C18H24N4O3. The Bertz CT molecular complexity index is 665. The van der Waals surface area contributed by atoms with E-state index < -0.39 is 0 Å². The van der Waals surface area contributed by atoms with Crippen LogP contribution in [-0.4, -0.2) is 78.7 Å². The number of nitrogens with one attached hydrogen (secondary N) is 1. The lowest BCUT2D eigenvalue weighted by Gasteiger charge is -2.35. The lowest BCUT2D eigenvalue weighted by molar-refractivity contribution is 0.126. The molecule has 1 N–H and O–H groups in total. The van der Waals surface area contributed by atoms with E-state index in [2.05, 4.69) is 34.5 Å². The molecule has 0 saturated carbocycles. The largest absolute Gasteiger partial charge is 0.447 e. The maximum absolute atomic E-state index is 12.4. The van der Waals surface area contributed by atoms with Crippen molar-refractivity contribution in [3.63, 3.8) is 0 Å². The fourth-order valence-electron chi connectivity index (χ4n) is 3.85. The predicted molar refractivity (Wildman–Crippen MR) is 92.2 cm³/mol. The first-order valence-corrected chi connectivity index (χ1v) is 8.96. The molecule has 3 aliphatic heterocycles. The van der Waals surface area contributed by atoms with Crippen LogP contribution < -0.4 is 5.32 Å². The van der Waals surface area contributed by atoms with Gasteiger partial charge in [0.05, 0.1) is 6.04 Å². The number of amides is 3. The van der Waals surface area contributed by atoms with Crippen molar-refractivity contribution in [2.75, 3.05) is 45.9 Å². The number of cyclic esters (lactones) is 1. The minimum Gasteiger partial charge on any atom is -0.447 e. The molecular weight excluding hydrogens is 320 g/mol. The number of hydrogen-bond acceptors (Lipinski definition) is 4. The quantitative estimate of drug-likeness (QED) is 0.884. The van der Waals surface area contributed by atoms with Crippen molar-refractivity contribution in [2.45, 2.75) is 19.0 Å². The number of fused-ring (bicyclic) bond motifs is 2. The molecule has 1 aromatic rings. The molecule has 0 aliphatic carbocycles. The van der Waals surface area contributed by atoms with Crippen LogP contribution in [0.3, 0.4) is 0 Å². The molecule has 3 amide bonds. The van der Waals surface area contributed by atoms with E-state index in [-0.39, 0.29) is 18.2 Å². The summed E-state index contributed by atoms with van der Waals surface area (Å²) >= 11 is 0. The fraction of sp³-hybridized carbons (Fsp3) is 0.556. The van der Waals surface area contributed by atoms with Crippen LogP contribution in [0.4, 0.5) is 9.59 Å². The number of carbonyl (C=O) groups excluding carboxylic acids is 2. The van der Waals surface area contributed by atoms with Crippen LogP contribution >= 0.6 is 0 Å². The number of hydrogen-bond donors (Lipinski definition) is 1. The third-order valence-electron chi connectivity index (χ3n) is 5.32. The van der Waals surface area contributed by atoms with Gasteiger partial charge in [-0.1, -0.05) is 24.3 Å². The van der Waals surface area contributed by atoms with Gasteiger partial charge in [0.1, 0.15) is 6.61 Å². The van der Waals surface area contributed by atoms with Crippen LogP contribution in [0.5, 0.6) is 0 Å². The number of benzene rings is 1. The van der Waals surface area contributed by atoms with Gasteiger partial charge in [0.25, 0.3) is 0 Å². The maximum Gasteiger partial charge on any atom is 0.410 e. The van der Waals surface area contributed by atoms with Crippen molar-refractivity contribution in [1.82, 2.24) is 20.0 Å². The molecule has 0 radical (unpaired) electrons. The predicted octanol–water partition coefficient (Wildman–Crippen LogP) is 0.891. The number of nitrogens with zero attached hydrogens (tertiary/aromatic N) is 3. The number of piperazine rings is 1. The zero-order valence-corrected chi connectivity index (χ0v) is 14.3. The highest BCUT2D eigenvalue weighted by Crippen LogP contribution is 2.19. The Morgan fingerprint density at radius 1 is 1.20 bits per heavy atom. The van der Waals surface area contributed by atoms with Crippen LogP contribution in [0.25, 0.3) is 0 Å². The molecule has 0 aromatic heterocycles. The average Bonchev–Trinajstić information content (AvgIpc) is 3.02. The van der Waals surface area contributed by atoms with E-state index in [1.54, 1.807) is 9.80 Å². The molecule has 3 aliphatic rings. The van der Waals surface area contributed by atoms with E-state index in [1.165, 1.54) is 11.1 Å². The highest BCUT2D eigenvalue weighted by Gasteiger charge is 2.38. The van der Waals surface area contributed by atoms with Gasteiger partial charge < -0.3 is 15.0 Å². The minimum absolute atomic E-state index is 0.00518. The standard InChI is InChI=1S/C18H24N4O3/c23-17(21-9-10-22-16(12-21)13-25-18(22)24)19-6-8-20-7-5-14-3-1-2-4-15(14)11-20/h1-4,16H,5-13H2,(H,19,23). The van der Waals surface area contributed by atoms with Crippen LogP contribution in [-0.2, 0) is 17.7 Å². The second-order valence-electron chi connectivity index (χ2n) is 6.90. The van der Waals surface area contributed by atoms with Crippen molar-refractivity contribution < 1.29 is 14.3 Å². The Morgan fingerprint density at radius 2 is 2.04 bits per heavy atom. The molecule has 1 aromatic carbocycles. The van der Waals surface area contributed by atoms with Crippen molar-refractivity contribution in [3.8, 4) is 0 Å². The SMILES string of the molecule is O=C(NCCN1CCc2ccccc2C1)N1CCN2C(=O)OCC2C1. The Hall–Kier alpha value is -2.28. The summed E-state index contributed by atoms with van der Waals surface area (Å²) in [4.78, 5) is 29.7. The van der Waals surface area contributed by atoms with Crippen molar-refractivity contribution in [3.05, 3.63) is 35.4 Å². The normalized spacial score (nSPS) is 23.0. The Labute approximate surface area is 147 Å². The highest BCUT2D eigenvalue weighted by atomic mass is 16.6. The summed E-state index contributed by atoms with van der Waals surface area (Å²) in [7, 11) is 0. The zero-order chi connectivity index (χ0) is 17.2. The van der Waals surface area contributed by atoms with Gasteiger partial charge in [-0.3, -0.25) is 9.80 Å². The molecule has 3 heterocycles. The second-order valence-corrected chi connectivity index (χ2v) is 6.90. The van der Waals surface area contributed by atoms with Crippen LogP contribution in [0.1, 0.15) is 11.1 Å². The third kappa shape index (κ3) is 3.42. The summed E-state index contributed by atoms with van der Waals surface area (Å²) in [5.74, 6) is 0. The lowest BCUT2D eigenvalue weighted by atomic mass is 10.00. The third-order valence-corrected chi connectivity index (χ3v) is 5.32. The number of ether oxygens (including phenoxy) is 1. The molecule has 7 nitrogen and oxygen atoms in total. The van der Waals surface area contributed by atoms with Gasteiger partial charge in [-0.15, -0.1) is 0 Å². The van der Waals surface area contributed by atoms with Gasteiger partial charge in [-0.2, -0.15) is 0 Å². The van der Waals surface area contributed by atoms with E-state index >= 15 is 0 Å². The Balaban J connectivity index is 1.22. The van der Waals surface area contributed by atoms with E-state index in [9.17, 15) is 9.59 Å². The maximum atomic E-state index is 12.4. The van der Waals surface area contributed by atoms with Crippen LogP contribution in [0.2, 0.25) is 0 Å². The molecule has 25 heavy (non-hydrogen) atoms. The summed E-state index contributed by atoms with van der Waals surface area (Å²) in [6, 6.07) is 8.52. The van der Waals surface area contributed by atoms with Gasteiger partial charge in [-0.05, 0) is 17.5 Å². The summed E-state index contributed by atoms with van der Waals surface area (Å²) < 4.78 is 5.04. The molecule has 0 spiro atoms. The summed E-state index contributed by atoms with van der Waals surface area (Å²) in [6.45, 7) is 5.53. The molecule has 1 unspecified atom stereocenters. The van der Waals surface area contributed by atoms with Gasteiger partial charge >= 0.3 is 12.1 Å². The first-order chi connectivity index (χ1) is 12.2. The zero-order valence-electron chi connectivity index (χ0n) is 14.3. The van der Waals surface area contributed by atoms with Gasteiger partial charge in [0.2, 0.25) is 0 Å². The Morgan fingerprint density at radius 3 is 2.92 bits per heavy atom. The first kappa shape index (κ1) is 16.2. The van der Waals surface area contributed by atoms with Gasteiger partial charge in [-0.25, -0.2) is 9.59 Å². The molecule has 4 rings (SSSR count). The molecule has 134 valence electrons. The van der Waals surface area contributed by atoms with E-state index in [4.69, 9.17) is 4.74 Å². The van der Waals surface area contributed by atoms with E-state index in [0.29, 0.717) is 32.8 Å². The summed E-state index contributed by atoms with van der Waals surface area (Å²) in [5.41, 5.74) is 2.83. The molecule has 2 fully saturated rings. The van der Waals surface area contributed by atoms with Crippen LogP contribution in [0, 0.1) is 0 Å². The van der Waals surface area contributed by atoms with Crippen molar-refractivity contribution in [1.29, 1.82) is 0 Å². The summed E-state index contributed by atoms with van der Waals surface area (Å²) in [6.07, 6.45) is 0.817. The topological polar surface area (TPSA) is 65.1 Å². The summed E-state index contributed by atoms with van der Waals surface area (Å²) in [5, 5.41) is 3.02.